The molecule has 0 saturated carbocycles. The van der Waals surface area contributed by atoms with Crippen LogP contribution in [0.5, 0.6) is 0 Å². The molecule has 1 saturated heterocycles. The summed E-state index contributed by atoms with van der Waals surface area (Å²) in [6, 6.07) is 4.40. The maximum absolute atomic E-state index is 2.26. The first-order valence-electron chi connectivity index (χ1n) is 4.60. The Balaban J connectivity index is 1.98. The monoisotopic (exact) mass is 182 g/mol. The van der Waals surface area contributed by atoms with Crippen molar-refractivity contribution in [2.24, 2.45) is 7.05 Å². The zero-order chi connectivity index (χ0) is 8.39. The first-order valence-corrected chi connectivity index (χ1v) is 6.34. The van der Waals surface area contributed by atoms with E-state index in [1.807, 2.05) is 0 Å². The lowest BCUT2D eigenvalue weighted by Crippen LogP contribution is -2.09. The van der Waals surface area contributed by atoms with Crippen LogP contribution < -0.4 is 0 Å². The highest BCUT2D eigenvalue weighted by atomic mass is 32.2. The van der Waals surface area contributed by atoms with Crippen molar-refractivity contribution >= 4 is 10.9 Å². The van der Waals surface area contributed by atoms with Crippen LogP contribution in [0.2, 0.25) is 0 Å². The second kappa shape index (κ2) is 3.56. The molecule has 2 heteroatoms. The van der Waals surface area contributed by atoms with Crippen molar-refractivity contribution < 1.29 is 0 Å². The predicted octanol–water partition coefficient (Wildman–Crippen LogP) is 1.94. The summed E-state index contributed by atoms with van der Waals surface area (Å²) in [5.41, 5.74) is 1.51. The van der Waals surface area contributed by atoms with Gasteiger partial charge in [-0.05, 0) is 35.9 Å². The quantitative estimate of drug-likeness (QED) is 0.616. The molecule has 0 bridgehead atoms. The van der Waals surface area contributed by atoms with Gasteiger partial charge in [-0.3, -0.25) is 0 Å². The van der Waals surface area contributed by atoms with E-state index in [0.29, 0.717) is 10.9 Å². The van der Waals surface area contributed by atoms with Gasteiger partial charge in [-0.15, -0.1) is 0 Å². The lowest BCUT2D eigenvalue weighted by Gasteiger charge is -2.02. The van der Waals surface area contributed by atoms with Gasteiger partial charge in [-0.25, -0.2) is 0 Å². The first kappa shape index (κ1) is 8.24. The van der Waals surface area contributed by atoms with Crippen LogP contribution in [0.1, 0.15) is 18.5 Å². The normalized spacial score (nSPS) is 18.8. The van der Waals surface area contributed by atoms with Crippen molar-refractivity contribution in [2.75, 3.05) is 11.5 Å². The minimum absolute atomic E-state index is 0.712. The van der Waals surface area contributed by atoms with Gasteiger partial charge in [0.15, 0.2) is 0 Å². The van der Waals surface area contributed by atoms with E-state index in [0.717, 1.165) is 0 Å². The first-order chi connectivity index (χ1) is 5.86. The largest absolute Gasteiger partial charge is 0.351 e. The molecule has 0 radical (unpaired) electrons. The minimum atomic E-state index is 0.712. The number of rotatable bonds is 2. The van der Waals surface area contributed by atoms with Crippen molar-refractivity contribution in [1.29, 1.82) is 0 Å². The summed E-state index contributed by atoms with van der Waals surface area (Å²) in [6.45, 7) is 0. The van der Waals surface area contributed by atoms with Gasteiger partial charge >= 0.3 is 0 Å². The molecule has 0 N–H and O–H groups in total. The van der Waals surface area contributed by atoms with Crippen LogP contribution in [-0.2, 0) is 23.7 Å². The minimum Gasteiger partial charge on any atom is -0.351 e. The van der Waals surface area contributed by atoms with Crippen LogP contribution in [0, 0.1) is 0 Å². The average molecular weight is 182 g/mol. The summed E-state index contributed by atoms with van der Waals surface area (Å²) in [5.74, 6) is 4.28. The second-order valence-electron chi connectivity index (χ2n) is 3.48. The van der Waals surface area contributed by atoms with E-state index in [1.54, 1.807) is 0 Å². The van der Waals surface area contributed by atoms with Crippen molar-refractivity contribution in [3.63, 3.8) is 0 Å². The molecular weight excluding hydrogens is 166 g/mol. The van der Waals surface area contributed by atoms with Gasteiger partial charge in [-0.2, -0.15) is 0 Å². The lowest BCUT2D eigenvalue weighted by atomic mass is 10.4. The molecule has 1 aliphatic heterocycles. The van der Waals surface area contributed by atoms with E-state index in [9.17, 15) is 0 Å². The molecule has 1 fully saturated rings. The fourth-order valence-electron chi connectivity index (χ4n) is 1.71. The summed E-state index contributed by atoms with van der Waals surface area (Å²) in [4.78, 5) is 0. The molecule has 12 heavy (non-hydrogen) atoms. The summed E-state index contributed by atoms with van der Waals surface area (Å²) in [7, 11) is 2.86. The molecular formula is C10H16NS+. The third-order valence-corrected chi connectivity index (χ3v) is 4.96. The van der Waals surface area contributed by atoms with Gasteiger partial charge in [0.25, 0.3) is 0 Å². The Hall–Kier alpha value is -0.370. The standard InChI is InChI=1S/C10H16NS/c1-11-6-4-5-10(11)9-12-7-2-3-8-12/h4-6H,2-3,7-9H2,1H3/q+1. The number of nitrogens with zero attached hydrogens (tertiary/aromatic N) is 1. The Kier molecular flexibility index (Phi) is 2.45. The topological polar surface area (TPSA) is 4.93 Å². The third kappa shape index (κ3) is 1.69. The van der Waals surface area contributed by atoms with Crippen molar-refractivity contribution in [1.82, 2.24) is 4.57 Å². The van der Waals surface area contributed by atoms with Crippen LogP contribution in [0.15, 0.2) is 18.3 Å². The molecule has 66 valence electrons. The van der Waals surface area contributed by atoms with Gasteiger partial charge < -0.3 is 4.57 Å². The zero-order valence-electron chi connectivity index (χ0n) is 7.62. The molecule has 0 atom stereocenters. The smallest absolute Gasteiger partial charge is 0.148 e. The predicted molar refractivity (Wildman–Crippen MR) is 55.5 cm³/mol. The summed E-state index contributed by atoms with van der Waals surface area (Å²) in [5, 5.41) is 0. The van der Waals surface area contributed by atoms with E-state index in [4.69, 9.17) is 0 Å². The highest BCUT2D eigenvalue weighted by Gasteiger charge is 2.24. The van der Waals surface area contributed by atoms with Gasteiger partial charge in [0.2, 0.25) is 0 Å². The van der Waals surface area contributed by atoms with Crippen LogP contribution in [0.25, 0.3) is 0 Å². The molecule has 1 aromatic heterocycles. The van der Waals surface area contributed by atoms with Crippen molar-refractivity contribution in [3.8, 4) is 0 Å². The van der Waals surface area contributed by atoms with E-state index in [-0.39, 0.29) is 0 Å². The van der Waals surface area contributed by atoms with Crippen LogP contribution in [0.3, 0.4) is 0 Å². The molecule has 0 unspecified atom stereocenters. The van der Waals surface area contributed by atoms with Crippen LogP contribution in [0.4, 0.5) is 0 Å². The Morgan fingerprint density at radius 3 is 2.75 bits per heavy atom. The molecule has 1 aliphatic rings. The van der Waals surface area contributed by atoms with Gasteiger partial charge in [-0.1, -0.05) is 0 Å². The Morgan fingerprint density at radius 2 is 2.17 bits per heavy atom. The maximum atomic E-state index is 2.26. The average Bonchev–Trinajstić information content (AvgIpc) is 2.65. The Bertz CT molecular complexity index is 248. The van der Waals surface area contributed by atoms with Gasteiger partial charge in [0.1, 0.15) is 17.3 Å². The number of aryl methyl sites for hydroxylation is 1. The number of aromatic nitrogens is 1. The van der Waals surface area contributed by atoms with Gasteiger partial charge in [0.05, 0.1) is 5.69 Å². The number of hydrogen-bond acceptors (Lipinski definition) is 0. The Morgan fingerprint density at radius 1 is 1.42 bits per heavy atom. The fourth-order valence-corrected chi connectivity index (χ4v) is 4.15. The van der Waals surface area contributed by atoms with Crippen molar-refractivity contribution in [3.05, 3.63) is 24.0 Å². The van der Waals surface area contributed by atoms with E-state index in [1.165, 1.54) is 35.8 Å². The molecule has 0 amide bonds. The molecule has 2 heterocycles. The van der Waals surface area contributed by atoms with Crippen LogP contribution in [-0.4, -0.2) is 16.1 Å². The molecule has 0 spiro atoms. The second-order valence-corrected chi connectivity index (χ2v) is 5.81. The zero-order valence-corrected chi connectivity index (χ0v) is 8.44. The SMILES string of the molecule is Cn1cccc1C[S+]1CCCC1. The van der Waals surface area contributed by atoms with Gasteiger partial charge in [0, 0.05) is 13.2 Å². The van der Waals surface area contributed by atoms with E-state index in [2.05, 4.69) is 29.9 Å². The molecule has 1 aromatic rings. The van der Waals surface area contributed by atoms with E-state index >= 15 is 0 Å². The highest BCUT2D eigenvalue weighted by molar-refractivity contribution is 7.96. The number of hydrogen-bond donors (Lipinski definition) is 0. The summed E-state index contributed by atoms with van der Waals surface area (Å²) in [6.07, 6.45) is 5.08. The maximum Gasteiger partial charge on any atom is 0.148 e. The lowest BCUT2D eigenvalue weighted by molar-refractivity contribution is 0.873. The van der Waals surface area contributed by atoms with E-state index < -0.39 is 0 Å². The molecule has 2 rings (SSSR count). The molecule has 0 aliphatic carbocycles. The third-order valence-electron chi connectivity index (χ3n) is 2.52. The highest BCUT2D eigenvalue weighted by Crippen LogP contribution is 2.18. The Labute approximate surface area is 77.1 Å². The molecule has 0 aromatic carbocycles. The summed E-state index contributed by atoms with van der Waals surface area (Å²) >= 11 is 0. The van der Waals surface area contributed by atoms with Crippen LogP contribution >= 0.6 is 0 Å². The molecule has 1 nitrogen and oxygen atoms in total. The fraction of sp³-hybridized carbons (Fsp3) is 0.600. The summed E-state index contributed by atoms with van der Waals surface area (Å²) < 4.78 is 2.26. The van der Waals surface area contributed by atoms with Crippen molar-refractivity contribution in [2.45, 2.75) is 18.6 Å².